The Balaban J connectivity index is 2.46. The Bertz CT molecular complexity index is 1140. The fourth-order valence-electron chi connectivity index (χ4n) is 3.67. The van der Waals surface area contributed by atoms with Gasteiger partial charge in [-0.15, -0.1) is 0 Å². The van der Waals surface area contributed by atoms with E-state index in [0.717, 1.165) is 21.7 Å². The number of aryl methyl sites for hydroxylation is 1. The van der Waals surface area contributed by atoms with Crippen LogP contribution in [0.1, 0.15) is 45.7 Å². The minimum Gasteiger partial charge on any atom is -0.497 e. The number of methoxy groups -OCH3 is 1. The number of carbonyl (C=O) groups excluding carboxylic acids is 2. The normalized spacial score (nSPS) is 12.5. The molecule has 2 amide bonds. The van der Waals surface area contributed by atoms with Crippen LogP contribution in [-0.4, -0.2) is 56.6 Å². The number of sulfonamides is 1. The molecule has 1 N–H and O–H groups in total. The van der Waals surface area contributed by atoms with Crippen LogP contribution in [0.25, 0.3) is 0 Å². The van der Waals surface area contributed by atoms with Crippen LogP contribution in [0.4, 0.5) is 5.69 Å². The van der Waals surface area contributed by atoms with Crippen molar-refractivity contribution < 1.29 is 22.7 Å². The lowest BCUT2D eigenvalue weighted by atomic mass is 10.1. The third-order valence-corrected chi connectivity index (χ3v) is 6.60. The lowest BCUT2D eigenvalue weighted by Crippen LogP contribution is -2.54. The molecule has 0 saturated heterocycles. The van der Waals surface area contributed by atoms with Crippen LogP contribution in [0.15, 0.2) is 48.5 Å². The van der Waals surface area contributed by atoms with E-state index < -0.39 is 34.1 Å². The summed E-state index contributed by atoms with van der Waals surface area (Å²) in [6.45, 7) is 8.84. The predicted octanol–water partition coefficient (Wildman–Crippen LogP) is 3.36. The Kier molecular flexibility index (Phi) is 9.31. The molecule has 0 aliphatic carbocycles. The molecule has 2 aromatic carbocycles. The lowest BCUT2D eigenvalue weighted by molar-refractivity contribution is -0.140. The van der Waals surface area contributed by atoms with Crippen LogP contribution in [0.5, 0.6) is 5.75 Å². The van der Waals surface area contributed by atoms with Crippen molar-refractivity contribution in [3.8, 4) is 5.75 Å². The summed E-state index contributed by atoms with van der Waals surface area (Å²) in [5, 5.41) is 2.91. The minimum absolute atomic E-state index is 0.113. The molecule has 9 heteroatoms. The van der Waals surface area contributed by atoms with Gasteiger partial charge < -0.3 is 15.0 Å². The van der Waals surface area contributed by atoms with Crippen molar-refractivity contribution in [3.63, 3.8) is 0 Å². The third-order valence-electron chi connectivity index (χ3n) is 5.47. The van der Waals surface area contributed by atoms with Gasteiger partial charge in [-0.3, -0.25) is 13.9 Å². The molecule has 0 unspecified atom stereocenters. The van der Waals surface area contributed by atoms with Crippen molar-refractivity contribution >= 4 is 27.5 Å². The summed E-state index contributed by atoms with van der Waals surface area (Å²) in [7, 11) is -2.22. The second kappa shape index (κ2) is 11.6. The van der Waals surface area contributed by atoms with Crippen LogP contribution >= 0.6 is 0 Å². The van der Waals surface area contributed by atoms with Gasteiger partial charge in [0.25, 0.3) is 0 Å². The highest BCUT2D eigenvalue weighted by Gasteiger charge is 2.31. The molecule has 0 spiro atoms. The van der Waals surface area contributed by atoms with Gasteiger partial charge in [0.15, 0.2) is 0 Å². The monoisotopic (exact) mass is 503 g/mol. The lowest BCUT2D eigenvalue weighted by Gasteiger charge is -2.33. The zero-order valence-electron chi connectivity index (χ0n) is 21.7. The second-order valence-corrected chi connectivity index (χ2v) is 11.4. The second-order valence-electron chi connectivity index (χ2n) is 9.54. The molecule has 8 nitrogen and oxygen atoms in total. The van der Waals surface area contributed by atoms with Gasteiger partial charge in [-0.25, -0.2) is 8.42 Å². The number of carbonyl (C=O) groups is 2. The summed E-state index contributed by atoms with van der Waals surface area (Å²) < 4.78 is 31.9. The number of rotatable bonds is 10. The fraction of sp³-hybridized carbons (Fsp3) is 0.462. The molecule has 1 atom stereocenters. The highest BCUT2D eigenvalue weighted by molar-refractivity contribution is 7.92. The van der Waals surface area contributed by atoms with E-state index >= 15 is 0 Å². The number of anilines is 1. The third kappa shape index (κ3) is 7.99. The number of para-hydroxylation sites is 1. The largest absolute Gasteiger partial charge is 0.497 e. The molecule has 0 fully saturated rings. The van der Waals surface area contributed by atoms with Crippen molar-refractivity contribution in [2.24, 2.45) is 0 Å². The topological polar surface area (TPSA) is 96.0 Å². The Hall–Kier alpha value is -3.07. The molecule has 35 heavy (non-hydrogen) atoms. The maximum Gasteiger partial charge on any atom is 0.244 e. The Morgan fingerprint density at radius 2 is 1.74 bits per heavy atom. The molecule has 0 radical (unpaired) electrons. The number of hydrogen-bond donors (Lipinski definition) is 1. The van der Waals surface area contributed by atoms with Gasteiger partial charge in [-0.1, -0.05) is 37.3 Å². The smallest absolute Gasteiger partial charge is 0.244 e. The van der Waals surface area contributed by atoms with Crippen molar-refractivity contribution in [2.75, 3.05) is 24.2 Å². The van der Waals surface area contributed by atoms with E-state index in [1.807, 2.05) is 45.9 Å². The van der Waals surface area contributed by atoms with Crippen LogP contribution < -0.4 is 14.4 Å². The summed E-state index contributed by atoms with van der Waals surface area (Å²) in [5.41, 5.74) is 1.53. The molecular formula is C26H37N3O5S. The first-order valence-electron chi connectivity index (χ1n) is 11.6. The summed E-state index contributed by atoms with van der Waals surface area (Å²) >= 11 is 0. The van der Waals surface area contributed by atoms with Gasteiger partial charge in [-0.05, 0) is 63.4 Å². The Morgan fingerprint density at radius 1 is 1.09 bits per heavy atom. The van der Waals surface area contributed by atoms with Gasteiger partial charge >= 0.3 is 0 Å². The van der Waals surface area contributed by atoms with E-state index in [4.69, 9.17) is 4.74 Å². The number of nitrogens with one attached hydrogen (secondary N) is 1. The average Bonchev–Trinajstić information content (AvgIpc) is 2.78. The SMILES string of the molecule is CCc1ccccc1N(CC(=O)N(Cc1cccc(OC)c1)[C@@H](C)C(=O)NC(C)(C)C)S(C)(=O)=O. The molecule has 0 saturated carbocycles. The van der Waals surface area contributed by atoms with Crippen molar-refractivity contribution in [1.29, 1.82) is 0 Å². The van der Waals surface area contributed by atoms with Crippen molar-refractivity contribution in [1.82, 2.24) is 10.2 Å². The highest BCUT2D eigenvalue weighted by Crippen LogP contribution is 2.24. The summed E-state index contributed by atoms with van der Waals surface area (Å²) in [4.78, 5) is 28.1. The molecule has 0 aliphatic rings. The predicted molar refractivity (Wildman–Crippen MR) is 139 cm³/mol. The maximum atomic E-state index is 13.7. The zero-order valence-corrected chi connectivity index (χ0v) is 22.5. The average molecular weight is 504 g/mol. The fourth-order valence-corrected chi connectivity index (χ4v) is 4.55. The van der Waals surface area contributed by atoms with E-state index in [-0.39, 0.29) is 12.5 Å². The van der Waals surface area contributed by atoms with E-state index in [0.29, 0.717) is 17.9 Å². The minimum atomic E-state index is -3.77. The molecule has 0 aliphatic heterocycles. The number of nitrogens with zero attached hydrogens (tertiary/aromatic N) is 2. The van der Waals surface area contributed by atoms with Gasteiger partial charge in [0.2, 0.25) is 21.8 Å². The zero-order chi connectivity index (χ0) is 26.4. The summed E-state index contributed by atoms with van der Waals surface area (Å²) in [6, 6.07) is 13.5. The Morgan fingerprint density at radius 3 is 2.31 bits per heavy atom. The molecular weight excluding hydrogens is 466 g/mol. The van der Waals surface area contributed by atoms with Gasteiger partial charge in [0, 0.05) is 12.1 Å². The van der Waals surface area contributed by atoms with Gasteiger partial charge in [0.1, 0.15) is 18.3 Å². The highest BCUT2D eigenvalue weighted by atomic mass is 32.2. The standard InChI is InChI=1S/C26H37N3O5S/c1-8-21-13-9-10-15-23(21)29(35(7,32)33)18-24(30)28(19(2)25(31)27-26(3,4)5)17-20-12-11-14-22(16-20)34-6/h9-16,19H,8,17-18H2,1-7H3,(H,27,31)/t19-/m0/s1. The maximum absolute atomic E-state index is 13.7. The van der Waals surface area contributed by atoms with E-state index in [1.165, 1.54) is 4.90 Å². The quantitative estimate of drug-likeness (QED) is 0.536. The molecule has 192 valence electrons. The van der Waals surface area contributed by atoms with Crippen LogP contribution in [0, 0.1) is 0 Å². The molecule has 2 rings (SSSR count). The first-order valence-corrected chi connectivity index (χ1v) is 13.4. The van der Waals surface area contributed by atoms with Crippen LogP contribution in [0.3, 0.4) is 0 Å². The van der Waals surface area contributed by atoms with Crippen LogP contribution in [0.2, 0.25) is 0 Å². The Labute approximate surface area is 209 Å². The van der Waals surface area contributed by atoms with E-state index in [2.05, 4.69) is 5.32 Å². The van der Waals surface area contributed by atoms with Gasteiger partial charge in [0.05, 0.1) is 19.1 Å². The first-order chi connectivity index (χ1) is 16.3. The van der Waals surface area contributed by atoms with Gasteiger partial charge in [-0.2, -0.15) is 0 Å². The number of amides is 2. The summed E-state index contributed by atoms with van der Waals surface area (Å²) in [5.74, 6) is -0.189. The number of ether oxygens (including phenoxy) is 1. The van der Waals surface area contributed by atoms with Crippen molar-refractivity contribution in [2.45, 2.75) is 59.2 Å². The molecule has 0 aromatic heterocycles. The molecule has 0 bridgehead atoms. The number of benzene rings is 2. The van der Waals surface area contributed by atoms with E-state index in [9.17, 15) is 18.0 Å². The van der Waals surface area contributed by atoms with E-state index in [1.54, 1.807) is 44.4 Å². The number of hydrogen-bond acceptors (Lipinski definition) is 5. The van der Waals surface area contributed by atoms with Crippen molar-refractivity contribution in [3.05, 3.63) is 59.7 Å². The molecule has 2 aromatic rings. The first kappa shape index (κ1) is 28.2. The molecule has 0 heterocycles. The summed E-state index contributed by atoms with van der Waals surface area (Å²) in [6.07, 6.45) is 1.68. The van der Waals surface area contributed by atoms with Crippen LogP contribution in [-0.2, 0) is 32.6 Å².